The van der Waals surface area contributed by atoms with Crippen LogP contribution >= 0.6 is 0 Å². The topological polar surface area (TPSA) is 129 Å². The molecular weight excluding hydrogens is 354 g/mol. The Bertz CT molecular complexity index is 740. The maximum absolute atomic E-state index is 10.0. The number of non-ortho nitro benzene ring substituents is 3. The van der Waals surface area contributed by atoms with E-state index in [-0.39, 0.29) is 17.1 Å². The lowest BCUT2D eigenvalue weighted by Gasteiger charge is -1.85. The molecule has 3 rings (SSSR count). The zero-order chi connectivity index (χ0) is 20.1. The van der Waals surface area contributed by atoms with Gasteiger partial charge in [0, 0.05) is 36.4 Å². The third kappa shape index (κ3) is 8.49. The molecule has 138 valence electrons. The molecule has 0 fully saturated rings. The maximum Gasteiger partial charge on any atom is 0.269 e. The van der Waals surface area contributed by atoms with Gasteiger partial charge in [-0.15, -0.1) is 0 Å². The minimum atomic E-state index is -0.417. The van der Waals surface area contributed by atoms with E-state index >= 15 is 0 Å². The standard InChI is InChI=1S/3C6H5NO2/c3*8-7(9)6-4-2-1-3-5-6/h3*1-5H. The highest BCUT2D eigenvalue weighted by Gasteiger charge is 1.99. The number of para-hydroxylation sites is 3. The van der Waals surface area contributed by atoms with Gasteiger partial charge in [0.05, 0.1) is 14.8 Å². The van der Waals surface area contributed by atoms with Crippen LogP contribution in [0.3, 0.4) is 0 Å². The van der Waals surface area contributed by atoms with Gasteiger partial charge in [0.25, 0.3) is 17.1 Å². The lowest BCUT2D eigenvalue weighted by Crippen LogP contribution is -1.84. The first-order valence-electron chi connectivity index (χ1n) is 7.50. The molecule has 0 spiro atoms. The van der Waals surface area contributed by atoms with Crippen LogP contribution in [-0.4, -0.2) is 14.8 Å². The molecule has 0 saturated carbocycles. The number of benzene rings is 3. The molecule has 9 heteroatoms. The van der Waals surface area contributed by atoms with Gasteiger partial charge < -0.3 is 0 Å². The molecule has 0 aliphatic carbocycles. The maximum atomic E-state index is 10.0. The SMILES string of the molecule is O=[N+]([O-])c1ccccc1.O=[N+]([O-])c1ccccc1.O=[N+]([O-])c1ccccc1. The summed E-state index contributed by atoms with van der Waals surface area (Å²) in [7, 11) is 0. The van der Waals surface area contributed by atoms with Crippen LogP contribution in [0.15, 0.2) is 91.0 Å². The van der Waals surface area contributed by atoms with Crippen LogP contribution in [0.5, 0.6) is 0 Å². The van der Waals surface area contributed by atoms with Gasteiger partial charge in [-0.05, 0) is 0 Å². The van der Waals surface area contributed by atoms with Crippen LogP contribution < -0.4 is 0 Å². The Balaban J connectivity index is 0.000000202. The Morgan fingerprint density at radius 2 is 0.593 bits per heavy atom. The van der Waals surface area contributed by atoms with E-state index < -0.39 is 14.8 Å². The number of hydrogen-bond acceptors (Lipinski definition) is 6. The predicted octanol–water partition coefficient (Wildman–Crippen LogP) is 4.78. The van der Waals surface area contributed by atoms with Gasteiger partial charge in [-0.2, -0.15) is 0 Å². The summed E-state index contributed by atoms with van der Waals surface area (Å²) in [4.78, 5) is 28.8. The Kier molecular flexibility index (Phi) is 8.84. The molecule has 0 radical (unpaired) electrons. The zero-order valence-electron chi connectivity index (χ0n) is 14.0. The average molecular weight is 369 g/mol. The Hall–Kier alpha value is -4.14. The summed E-state index contributed by atoms with van der Waals surface area (Å²) in [5.74, 6) is 0. The summed E-state index contributed by atoms with van der Waals surface area (Å²) in [5.41, 5.74) is 0.410. The molecule has 0 aliphatic heterocycles. The first-order valence-corrected chi connectivity index (χ1v) is 7.50. The number of nitrogens with zero attached hydrogens (tertiary/aromatic N) is 3. The third-order valence-electron chi connectivity index (χ3n) is 2.90. The lowest BCUT2D eigenvalue weighted by molar-refractivity contribution is -0.385. The van der Waals surface area contributed by atoms with Crippen LogP contribution in [0.2, 0.25) is 0 Å². The van der Waals surface area contributed by atoms with Gasteiger partial charge in [0.1, 0.15) is 0 Å². The molecule has 3 aromatic rings. The van der Waals surface area contributed by atoms with Gasteiger partial charge in [-0.1, -0.05) is 54.6 Å². The number of rotatable bonds is 3. The number of nitro benzene ring substituents is 3. The van der Waals surface area contributed by atoms with Crippen molar-refractivity contribution in [2.75, 3.05) is 0 Å². The van der Waals surface area contributed by atoms with Gasteiger partial charge in [0.15, 0.2) is 0 Å². The first kappa shape index (κ1) is 20.9. The zero-order valence-corrected chi connectivity index (χ0v) is 14.0. The van der Waals surface area contributed by atoms with E-state index in [1.54, 1.807) is 54.6 Å². The molecule has 0 N–H and O–H groups in total. The molecule has 0 aliphatic rings. The van der Waals surface area contributed by atoms with Crippen molar-refractivity contribution < 1.29 is 14.8 Å². The lowest BCUT2D eigenvalue weighted by atomic mass is 10.3. The molecule has 0 heterocycles. The summed E-state index contributed by atoms with van der Waals surface area (Å²) >= 11 is 0. The molecule has 0 saturated heterocycles. The quantitative estimate of drug-likeness (QED) is 0.482. The molecule has 0 atom stereocenters. The van der Waals surface area contributed by atoms with Gasteiger partial charge in [0.2, 0.25) is 0 Å². The Morgan fingerprint density at radius 1 is 0.407 bits per heavy atom. The van der Waals surface area contributed by atoms with Crippen LogP contribution in [0.4, 0.5) is 17.1 Å². The predicted molar refractivity (Wildman–Crippen MR) is 99.3 cm³/mol. The van der Waals surface area contributed by atoms with E-state index in [9.17, 15) is 30.3 Å². The fourth-order valence-corrected chi connectivity index (χ4v) is 1.65. The van der Waals surface area contributed by atoms with Gasteiger partial charge in [-0.25, -0.2) is 0 Å². The fourth-order valence-electron chi connectivity index (χ4n) is 1.65. The number of nitro groups is 3. The van der Waals surface area contributed by atoms with Gasteiger partial charge in [-0.3, -0.25) is 30.3 Å². The molecule has 0 unspecified atom stereocenters. The van der Waals surface area contributed by atoms with Crippen molar-refractivity contribution in [3.05, 3.63) is 121 Å². The summed E-state index contributed by atoms with van der Waals surface area (Å²) in [6, 6.07) is 23.8. The van der Waals surface area contributed by atoms with Crippen molar-refractivity contribution in [2.24, 2.45) is 0 Å². The van der Waals surface area contributed by atoms with E-state index in [1.807, 2.05) is 0 Å². The summed E-state index contributed by atoms with van der Waals surface area (Å²) in [5, 5.41) is 30.0. The summed E-state index contributed by atoms with van der Waals surface area (Å²) < 4.78 is 0. The van der Waals surface area contributed by atoms with E-state index in [0.717, 1.165) is 0 Å². The Labute approximate surface area is 154 Å². The van der Waals surface area contributed by atoms with Crippen molar-refractivity contribution in [1.82, 2.24) is 0 Å². The smallest absolute Gasteiger partial charge is 0.258 e. The molecule has 0 amide bonds. The monoisotopic (exact) mass is 369 g/mol. The molecule has 27 heavy (non-hydrogen) atoms. The van der Waals surface area contributed by atoms with Crippen LogP contribution in [0.25, 0.3) is 0 Å². The second kappa shape index (κ2) is 11.4. The molecule has 0 bridgehead atoms. The minimum absolute atomic E-state index is 0.137. The van der Waals surface area contributed by atoms with Crippen molar-refractivity contribution in [1.29, 1.82) is 0 Å². The summed E-state index contributed by atoms with van der Waals surface area (Å²) in [6.45, 7) is 0. The van der Waals surface area contributed by atoms with E-state index in [1.165, 1.54) is 36.4 Å². The van der Waals surface area contributed by atoms with E-state index in [0.29, 0.717) is 0 Å². The first-order chi connectivity index (χ1) is 12.9. The molecule has 0 aromatic heterocycles. The molecule has 9 nitrogen and oxygen atoms in total. The molecular formula is C18H15N3O6. The van der Waals surface area contributed by atoms with Crippen LogP contribution in [-0.2, 0) is 0 Å². The van der Waals surface area contributed by atoms with Crippen molar-refractivity contribution >= 4 is 17.1 Å². The fraction of sp³-hybridized carbons (Fsp3) is 0. The average Bonchev–Trinajstić information content (AvgIpc) is 2.71. The Morgan fingerprint density at radius 3 is 0.704 bits per heavy atom. The highest BCUT2D eigenvalue weighted by Crippen LogP contribution is 2.08. The molecule has 3 aromatic carbocycles. The largest absolute Gasteiger partial charge is 0.269 e. The van der Waals surface area contributed by atoms with E-state index in [2.05, 4.69) is 0 Å². The van der Waals surface area contributed by atoms with Crippen LogP contribution in [0, 0.1) is 30.3 Å². The summed E-state index contributed by atoms with van der Waals surface area (Å²) in [6.07, 6.45) is 0. The minimum Gasteiger partial charge on any atom is -0.258 e. The highest BCUT2D eigenvalue weighted by molar-refractivity contribution is 5.29. The number of hydrogen-bond donors (Lipinski definition) is 0. The third-order valence-corrected chi connectivity index (χ3v) is 2.90. The van der Waals surface area contributed by atoms with Crippen molar-refractivity contribution in [3.63, 3.8) is 0 Å². The van der Waals surface area contributed by atoms with Crippen molar-refractivity contribution in [3.8, 4) is 0 Å². The van der Waals surface area contributed by atoms with Gasteiger partial charge >= 0.3 is 0 Å². The second-order valence-corrected chi connectivity index (χ2v) is 4.78. The van der Waals surface area contributed by atoms with Crippen molar-refractivity contribution in [2.45, 2.75) is 0 Å². The second-order valence-electron chi connectivity index (χ2n) is 4.78. The van der Waals surface area contributed by atoms with Crippen LogP contribution in [0.1, 0.15) is 0 Å². The normalized spacial score (nSPS) is 8.89. The van der Waals surface area contributed by atoms with E-state index in [4.69, 9.17) is 0 Å². The highest BCUT2D eigenvalue weighted by atomic mass is 16.6.